The fourth-order valence-electron chi connectivity index (χ4n) is 1.000. The molecule has 0 spiro atoms. The van der Waals surface area contributed by atoms with Gasteiger partial charge in [0.15, 0.2) is 0 Å². The number of primary amides is 1. The zero-order chi connectivity index (χ0) is 11.3. The first kappa shape index (κ1) is 11.8. The van der Waals surface area contributed by atoms with Crippen molar-refractivity contribution in [3.8, 4) is 5.75 Å². The normalized spacial score (nSPS) is 12.1. The van der Waals surface area contributed by atoms with Gasteiger partial charge in [-0.15, -0.1) is 0 Å². The molecule has 15 heavy (non-hydrogen) atoms. The maximum absolute atomic E-state index is 10.6. The van der Waals surface area contributed by atoms with Crippen molar-refractivity contribution in [2.45, 2.75) is 12.5 Å². The van der Waals surface area contributed by atoms with Crippen LogP contribution in [0.3, 0.4) is 0 Å². The lowest BCUT2D eigenvalue weighted by Crippen LogP contribution is -2.37. The zero-order valence-corrected chi connectivity index (χ0v) is 8.91. The lowest BCUT2D eigenvalue weighted by atomic mass is 10.2. The van der Waals surface area contributed by atoms with E-state index in [4.69, 9.17) is 27.8 Å². The highest BCUT2D eigenvalue weighted by Gasteiger charge is 2.09. The van der Waals surface area contributed by atoms with Gasteiger partial charge in [-0.25, -0.2) is 0 Å². The van der Waals surface area contributed by atoms with Crippen molar-refractivity contribution in [2.75, 3.05) is 6.61 Å². The van der Waals surface area contributed by atoms with Crippen molar-refractivity contribution in [2.24, 2.45) is 11.5 Å². The van der Waals surface area contributed by atoms with E-state index in [2.05, 4.69) is 0 Å². The number of para-hydroxylation sites is 1. The summed E-state index contributed by atoms with van der Waals surface area (Å²) in [6.07, 6.45) is 0.376. The van der Waals surface area contributed by atoms with Crippen LogP contribution in [0.15, 0.2) is 24.3 Å². The molecule has 4 nitrogen and oxygen atoms in total. The summed E-state index contributed by atoms with van der Waals surface area (Å²) in [4.78, 5) is 10.6. The molecule has 0 unspecified atom stereocenters. The Bertz CT molecular complexity index is 344. The summed E-state index contributed by atoms with van der Waals surface area (Å²) in [6.45, 7) is 0.313. The maximum Gasteiger partial charge on any atom is 0.234 e. The van der Waals surface area contributed by atoms with Crippen LogP contribution in [-0.4, -0.2) is 18.6 Å². The van der Waals surface area contributed by atoms with Gasteiger partial charge >= 0.3 is 0 Å². The first-order valence-electron chi connectivity index (χ1n) is 4.53. The van der Waals surface area contributed by atoms with Crippen LogP contribution in [0.1, 0.15) is 6.42 Å². The molecule has 1 aromatic rings. The van der Waals surface area contributed by atoms with Crippen molar-refractivity contribution >= 4 is 17.5 Å². The summed E-state index contributed by atoms with van der Waals surface area (Å²) in [6, 6.07) is 6.43. The van der Waals surface area contributed by atoms with Gasteiger partial charge in [-0.3, -0.25) is 4.79 Å². The number of amides is 1. The molecule has 0 fully saturated rings. The average Bonchev–Trinajstić information content (AvgIpc) is 2.20. The number of halogens is 1. The number of benzene rings is 1. The fourth-order valence-corrected chi connectivity index (χ4v) is 1.19. The Balaban J connectivity index is 2.38. The molecule has 0 aliphatic rings. The number of hydrogen-bond acceptors (Lipinski definition) is 3. The van der Waals surface area contributed by atoms with Crippen LogP contribution in [0.25, 0.3) is 0 Å². The molecule has 5 heteroatoms. The first-order valence-corrected chi connectivity index (χ1v) is 4.91. The molecule has 1 aromatic carbocycles. The van der Waals surface area contributed by atoms with Crippen LogP contribution in [0.2, 0.25) is 5.02 Å². The van der Waals surface area contributed by atoms with E-state index in [0.29, 0.717) is 23.8 Å². The summed E-state index contributed by atoms with van der Waals surface area (Å²) >= 11 is 5.85. The van der Waals surface area contributed by atoms with Gasteiger partial charge < -0.3 is 16.2 Å². The van der Waals surface area contributed by atoms with Crippen LogP contribution in [-0.2, 0) is 4.79 Å². The van der Waals surface area contributed by atoms with Gasteiger partial charge in [-0.05, 0) is 12.1 Å². The zero-order valence-electron chi connectivity index (χ0n) is 8.15. The first-order chi connectivity index (χ1) is 7.11. The molecular formula is C10H13ClN2O2. The summed E-state index contributed by atoms with van der Waals surface area (Å²) in [5.41, 5.74) is 10.4. The van der Waals surface area contributed by atoms with Gasteiger partial charge in [0.05, 0.1) is 17.7 Å². The van der Waals surface area contributed by atoms with Crippen molar-refractivity contribution in [3.63, 3.8) is 0 Å². The summed E-state index contributed by atoms with van der Waals surface area (Å²) in [7, 11) is 0. The van der Waals surface area contributed by atoms with Crippen LogP contribution in [0.5, 0.6) is 5.75 Å². The largest absolute Gasteiger partial charge is 0.492 e. The molecule has 4 N–H and O–H groups in total. The van der Waals surface area contributed by atoms with E-state index >= 15 is 0 Å². The summed E-state index contributed by atoms with van der Waals surface area (Å²) in [5, 5.41) is 0.533. The molecular weight excluding hydrogens is 216 g/mol. The van der Waals surface area contributed by atoms with Crippen molar-refractivity contribution < 1.29 is 9.53 Å². The van der Waals surface area contributed by atoms with Crippen molar-refractivity contribution in [1.29, 1.82) is 0 Å². The Morgan fingerprint density at radius 2 is 2.13 bits per heavy atom. The number of carbonyl (C=O) groups is 1. The van der Waals surface area contributed by atoms with E-state index < -0.39 is 11.9 Å². The Morgan fingerprint density at radius 3 is 2.73 bits per heavy atom. The molecule has 82 valence electrons. The second-order valence-corrected chi connectivity index (χ2v) is 3.48. The van der Waals surface area contributed by atoms with Crippen molar-refractivity contribution in [1.82, 2.24) is 0 Å². The number of hydrogen-bond donors (Lipinski definition) is 2. The van der Waals surface area contributed by atoms with E-state index in [1.54, 1.807) is 12.1 Å². The monoisotopic (exact) mass is 228 g/mol. The van der Waals surface area contributed by atoms with Crippen LogP contribution < -0.4 is 16.2 Å². The topological polar surface area (TPSA) is 78.3 Å². The molecule has 1 amide bonds. The molecule has 0 heterocycles. The minimum absolute atomic E-state index is 0.313. The Kier molecular flexibility index (Phi) is 4.39. The highest BCUT2D eigenvalue weighted by molar-refractivity contribution is 6.32. The Labute approximate surface area is 93.1 Å². The lowest BCUT2D eigenvalue weighted by molar-refractivity contribution is -0.119. The van der Waals surface area contributed by atoms with Crippen molar-refractivity contribution in [3.05, 3.63) is 29.3 Å². The van der Waals surface area contributed by atoms with Gasteiger partial charge in [0.1, 0.15) is 5.75 Å². The quantitative estimate of drug-likeness (QED) is 0.787. The third-order valence-electron chi connectivity index (χ3n) is 1.89. The minimum Gasteiger partial charge on any atom is -0.492 e. The van der Waals surface area contributed by atoms with Gasteiger partial charge in [-0.1, -0.05) is 23.7 Å². The average molecular weight is 229 g/mol. The Morgan fingerprint density at radius 1 is 1.47 bits per heavy atom. The van der Waals surface area contributed by atoms with Gasteiger partial charge in [0.25, 0.3) is 0 Å². The minimum atomic E-state index is -0.674. The molecule has 0 aromatic heterocycles. The SMILES string of the molecule is NC(=O)[C@@H](N)CCOc1ccccc1Cl. The molecule has 0 radical (unpaired) electrons. The number of carbonyl (C=O) groups excluding carboxylic acids is 1. The second kappa shape index (κ2) is 5.58. The predicted octanol–water partition coefficient (Wildman–Crippen LogP) is 0.922. The standard InChI is InChI=1S/C10H13ClN2O2/c11-7-3-1-2-4-9(7)15-6-5-8(12)10(13)14/h1-4,8H,5-6,12H2,(H2,13,14)/t8-/m0/s1. The molecule has 0 saturated carbocycles. The summed E-state index contributed by atoms with van der Waals surface area (Å²) in [5.74, 6) is 0.0496. The van der Waals surface area contributed by atoms with E-state index in [0.717, 1.165) is 0 Å². The lowest BCUT2D eigenvalue weighted by Gasteiger charge is -2.10. The summed E-state index contributed by atoms with van der Waals surface area (Å²) < 4.78 is 5.34. The van der Waals surface area contributed by atoms with E-state index in [1.165, 1.54) is 0 Å². The van der Waals surface area contributed by atoms with Crippen LogP contribution in [0, 0.1) is 0 Å². The second-order valence-electron chi connectivity index (χ2n) is 3.08. The molecule has 0 saturated heterocycles. The van der Waals surface area contributed by atoms with E-state index in [-0.39, 0.29) is 0 Å². The van der Waals surface area contributed by atoms with Gasteiger partial charge in [0, 0.05) is 6.42 Å². The number of nitrogens with two attached hydrogens (primary N) is 2. The molecule has 0 bridgehead atoms. The molecule has 0 aliphatic carbocycles. The van der Waals surface area contributed by atoms with Crippen LogP contribution >= 0.6 is 11.6 Å². The molecule has 0 aliphatic heterocycles. The maximum atomic E-state index is 10.6. The highest BCUT2D eigenvalue weighted by atomic mass is 35.5. The number of ether oxygens (including phenoxy) is 1. The molecule has 1 atom stereocenters. The van der Waals surface area contributed by atoms with Gasteiger partial charge in [0.2, 0.25) is 5.91 Å². The van der Waals surface area contributed by atoms with Crippen LogP contribution in [0.4, 0.5) is 0 Å². The predicted molar refractivity (Wildman–Crippen MR) is 58.7 cm³/mol. The molecule has 1 rings (SSSR count). The fraction of sp³-hybridized carbons (Fsp3) is 0.300. The highest BCUT2D eigenvalue weighted by Crippen LogP contribution is 2.23. The third kappa shape index (κ3) is 3.77. The van der Waals surface area contributed by atoms with E-state index in [9.17, 15) is 4.79 Å². The number of rotatable bonds is 5. The van der Waals surface area contributed by atoms with E-state index in [1.807, 2.05) is 12.1 Å². The smallest absolute Gasteiger partial charge is 0.234 e. The van der Waals surface area contributed by atoms with Gasteiger partial charge in [-0.2, -0.15) is 0 Å². The third-order valence-corrected chi connectivity index (χ3v) is 2.20. The Hall–Kier alpha value is -1.26.